The Labute approximate surface area is 175 Å². The van der Waals surface area contributed by atoms with E-state index in [1.54, 1.807) is 12.1 Å². The van der Waals surface area contributed by atoms with Gasteiger partial charge in [0.1, 0.15) is 5.82 Å². The second-order valence-corrected chi connectivity index (χ2v) is 7.88. The predicted octanol–water partition coefficient (Wildman–Crippen LogP) is 5.17. The average molecular weight is 432 g/mol. The first-order chi connectivity index (χ1) is 14.7. The van der Waals surface area contributed by atoms with Gasteiger partial charge in [0, 0.05) is 17.7 Å². The number of benzene rings is 2. The minimum atomic E-state index is -4.95. The molecule has 1 aliphatic carbocycles. The molecule has 1 aliphatic rings. The molecule has 162 valence electrons. The van der Waals surface area contributed by atoms with Crippen LogP contribution >= 0.6 is 0 Å². The lowest BCUT2D eigenvalue weighted by Crippen LogP contribution is -2.48. The Balaban J connectivity index is 1.70. The number of aliphatic hydroxyl groups is 1. The van der Waals surface area contributed by atoms with Gasteiger partial charge in [-0.15, -0.1) is 0 Å². The van der Waals surface area contributed by atoms with Crippen LogP contribution in [-0.4, -0.2) is 28.1 Å². The Morgan fingerprint density at radius 1 is 1.16 bits per heavy atom. The van der Waals surface area contributed by atoms with Gasteiger partial charge < -0.3 is 10.1 Å². The molecule has 0 saturated heterocycles. The zero-order valence-electron chi connectivity index (χ0n) is 16.4. The van der Waals surface area contributed by atoms with Crippen LogP contribution in [0.2, 0.25) is 0 Å². The third kappa shape index (κ3) is 4.25. The van der Waals surface area contributed by atoms with Crippen LogP contribution < -0.4 is 5.56 Å². The van der Waals surface area contributed by atoms with E-state index in [1.807, 2.05) is 0 Å². The third-order valence-corrected chi connectivity index (χ3v) is 5.75. The van der Waals surface area contributed by atoms with Crippen molar-refractivity contribution in [1.82, 2.24) is 4.98 Å². The molecule has 2 unspecified atom stereocenters. The van der Waals surface area contributed by atoms with Crippen molar-refractivity contribution in [1.29, 1.82) is 0 Å². The number of aryl methyl sites for hydroxylation is 1. The SMILES string of the molecule is O=c1ccc2c(N=CC(O)(CC3CCCc4cc(F)ccc43)C(F)(F)F)cccc2[nH]1. The van der Waals surface area contributed by atoms with E-state index >= 15 is 0 Å². The molecule has 31 heavy (non-hydrogen) atoms. The van der Waals surface area contributed by atoms with Crippen LogP contribution in [0.25, 0.3) is 10.9 Å². The highest BCUT2D eigenvalue weighted by Gasteiger charge is 2.54. The second kappa shape index (κ2) is 7.92. The first-order valence-electron chi connectivity index (χ1n) is 9.91. The standard InChI is InChI=1S/C23H20F4N2O2/c24-16-7-8-17-14(11-16)3-1-4-15(17)12-22(31,23(25,26)27)13-28-19-5-2-6-20-18(19)9-10-21(30)29-20/h2,5-11,13,15,31H,1,3-4,12H2,(H,29,30). The second-order valence-electron chi connectivity index (χ2n) is 7.88. The highest BCUT2D eigenvalue weighted by molar-refractivity contribution is 5.91. The van der Waals surface area contributed by atoms with Crippen LogP contribution in [0.15, 0.2) is 58.3 Å². The Hall–Kier alpha value is -3.00. The van der Waals surface area contributed by atoms with Gasteiger partial charge in [-0.2, -0.15) is 13.2 Å². The molecule has 0 radical (unpaired) electrons. The van der Waals surface area contributed by atoms with Crippen molar-refractivity contribution in [3.05, 3.63) is 75.8 Å². The topological polar surface area (TPSA) is 65.4 Å². The number of rotatable bonds is 4. The number of nitrogens with one attached hydrogen (secondary N) is 1. The molecule has 2 N–H and O–H groups in total. The maximum absolute atomic E-state index is 13.9. The number of pyridine rings is 1. The van der Waals surface area contributed by atoms with E-state index in [-0.39, 0.29) is 11.2 Å². The lowest BCUT2D eigenvalue weighted by molar-refractivity contribution is -0.232. The monoisotopic (exact) mass is 432 g/mol. The Bertz CT molecular complexity index is 1200. The molecular weight excluding hydrogens is 412 g/mol. The largest absolute Gasteiger partial charge is 0.422 e. The number of aromatic amines is 1. The Morgan fingerprint density at radius 3 is 2.74 bits per heavy atom. The zero-order valence-corrected chi connectivity index (χ0v) is 16.4. The summed E-state index contributed by atoms with van der Waals surface area (Å²) in [6.45, 7) is 0. The van der Waals surface area contributed by atoms with Gasteiger partial charge in [-0.05, 0) is 73.1 Å². The van der Waals surface area contributed by atoms with Gasteiger partial charge in [0.15, 0.2) is 5.60 Å². The predicted molar refractivity (Wildman–Crippen MR) is 110 cm³/mol. The molecule has 0 bridgehead atoms. The van der Waals surface area contributed by atoms with Gasteiger partial charge in [0.2, 0.25) is 5.56 Å². The normalized spacial score (nSPS) is 18.8. The molecule has 0 spiro atoms. The number of alkyl halides is 3. The van der Waals surface area contributed by atoms with Crippen molar-refractivity contribution in [2.45, 2.75) is 43.4 Å². The molecule has 1 heterocycles. The van der Waals surface area contributed by atoms with Gasteiger partial charge in [0.25, 0.3) is 0 Å². The summed E-state index contributed by atoms with van der Waals surface area (Å²) >= 11 is 0. The average Bonchev–Trinajstić information content (AvgIpc) is 2.71. The number of nitrogens with zero attached hydrogens (tertiary/aromatic N) is 1. The number of halogens is 4. The third-order valence-electron chi connectivity index (χ3n) is 5.75. The van der Waals surface area contributed by atoms with Crippen molar-refractivity contribution in [3.63, 3.8) is 0 Å². The van der Waals surface area contributed by atoms with Gasteiger partial charge >= 0.3 is 6.18 Å². The maximum atomic E-state index is 13.9. The summed E-state index contributed by atoms with van der Waals surface area (Å²) in [5.41, 5.74) is -1.57. The highest BCUT2D eigenvalue weighted by atomic mass is 19.4. The molecule has 0 aliphatic heterocycles. The number of fused-ring (bicyclic) bond motifs is 2. The maximum Gasteiger partial charge on any atom is 0.422 e. The van der Waals surface area contributed by atoms with Crippen LogP contribution in [0.1, 0.15) is 36.3 Å². The lowest BCUT2D eigenvalue weighted by Gasteiger charge is -2.33. The van der Waals surface area contributed by atoms with Crippen molar-refractivity contribution in [3.8, 4) is 0 Å². The molecule has 4 nitrogen and oxygen atoms in total. The van der Waals surface area contributed by atoms with E-state index in [0.717, 1.165) is 0 Å². The van der Waals surface area contributed by atoms with Gasteiger partial charge in [-0.3, -0.25) is 9.79 Å². The number of aromatic nitrogens is 1. The molecule has 0 amide bonds. The molecule has 1 aromatic heterocycles. The summed E-state index contributed by atoms with van der Waals surface area (Å²) in [6.07, 6.45) is -3.36. The number of hydrogen-bond donors (Lipinski definition) is 2. The molecule has 2 atom stereocenters. The van der Waals surface area contributed by atoms with Crippen LogP contribution in [-0.2, 0) is 6.42 Å². The van der Waals surface area contributed by atoms with Gasteiger partial charge in [0.05, 0.1) is 11.2 Å². The van der Waals surface area contributed by atoms with Crippen LogP contribution in [0.3, 0.4) is 0 Å². The summed E-state index contributed by atoms with van der Waals surface area (Å²) in [7, 11) is 0. The van der Waals surface area contributed by atoms with Crippen molar-refractivity contribution < 1.29 is 22.7 Å². The number of H-pyrrole nitrogens is 1. The molecule has 0 fully saturated rings. The van der Waals surface area contributed by atoms with Crippen LogP contribution in [0.5, 0.6) is 0 Å². The Kier molecular flexibility index (Phi) is 5.43. The van der Waals surface area contributed by atoms with E-state index in [0.29, 0.717) is 47.5 Å². The van der Waals surface area contributed by atoms with E-state index in [4.69, 9.17) is 0 Å². The van der Waals surface area contributed by atoms with Crippen molar-refractivity contribution >= 4 is 22.8 Å². The fourth-order valence-corrected chi connectivity index (χ4v) is 4.17. The van der Waals surface area contributed by atoms with Gasteiger partial charge in [-0.25, -0.2) is 4.39 Å². The van der Waals surface area contributed by atoms with Crippen molar-refractivity contribution in [2.24, 2.45) is 4.99 Å². The summed E-state index contributed by atoms with van der Waals surface area (Å²) < 4.78 is 55.3. The molecule has 4 rings (SSSR count). The van der Waals surface area contributed by atoms with Crippen molar-refractivity contribution in [2.75, 3.05) is 0 Å². The first kappa shape index (κ1) is 21.2. The fraction of sp³-hybridized carbons (Fsp3) is 0.304. The molecular formula is C23H20F4N2O2. The minimum Gasteiger partial charge on any atom is -0.376 e. The molecule has 0 saturated carbocycles. The summed E-state index contributed by atoms with van der Waals surface area (Å²) in [5.74, 6) is -1.01. The molecule has 8 heteroatoms. The van der Waals surface area contributed by atoms with E-state index in [1.165, 1.54) is 36.4 Å². The molecule has 3 aromatic rings. The van der Waals surface area contributed by atoms with Crippen LogP contribution in [0.4, 0.5) is 23.2 Å². The van der Waals surface area contributed by atoms with Crippen LogP contribution in [0, 0.1) is 5.82 Å². The van der Waals surface area contributed by atoms with E-state index in [2.05, 4.69) is 9.98 Å². The lowest BCUT2D eigenvalue weighted by atomic mass is 9.77. The highest BCUT2D eigenvalue weighted by Crippen LogP contribution is 2.42. The fourth-order valence-electron chi connectivity index (χ4n) is 4.17. The molecule has 2 aromatic carbocycles. The smallest absolute Gasteiger partial charge is 0.376 e. The first-order valence-corrected chi connectivity index (χ1v) is 9.91. The summed E-state index contributed by atoms with van der Waals surface area (Å²) in [4.78, 5) is 18.0. The summed E-state index contributed by atoms with van der Waals surface area (Å²) in [5, 5.41) is 11.1. The summed E-state index contributed by atoms with van der Waals surface area (Å²) in [6, 6.07) is 11.5. The minimum absolute atomic E-state index is 0.197. The van der Waals surface area contributed by atoms with E-state index in [9.17, 15) is 27.5 Å². The number of aliphatic imine (C=N–C) groups is 1. The zero-order chi connectivity index (χ0) is 22.2. The number of hydrogen-bond acceptors (Lipinski definition) is 3. The quantitative estimate of drug-likeness (QED) is 0.441. The Morgan fingerprint density at radius 2 is 1.97 bits per heavy atom. The van der Waals surface area contributed by atoms with E-state index < -0.39 is 29.9 Å². The van der Waals surface area contributed by atoms with Gasteiger partial charge in [-0.1, -0.05) is 12.1 Å².